The molecule has 0 aliphatic rings. The van der Waals surface area contributed by atoms with Gasteiger partial charge in [-0.2, -0.15) is 0 Å². The van der Waals surface area contributed by atoms with Crippen LogP contribution in [0.5, 0.6) is 5.75 Å². The van der Waals surface area contributed by atoms with E-state index in [1.54, 1.807) is 7.11 Å². The average molecular weight is 234 g/mol. The maximum absolute atomic E-state index is 11.4. The van der Waals surface area contributed by atoms with Crippen molar-refractivity contribution in [3.05, 3.63) is 45.5 Å². The summed E-state index contributed by atoms with van der Waals surface area (Å²) in [5, 5.41) is 0. The van der Waals surface area contributed by atoms with E-state index in [0.29, 0.717) is 11.5 Å². The molecule has 0 radical (unpaired) electrons. The van der Waals surface area contributed by atoms with Crippen molar-refractivity contribution >= 4 is 5.57 Å². The quantitative estimate of drug-likeness (QED) is 0.753. The molecular weight excluding hydrogens is 216 g/mol. The summed E-state index contributed by atoms with van der Waals surface area (Å²) in [7, 11) is 1.54. The van der Waals surface area contributed by atoms with Gasteiger partial charge in [-0.05, 0) is 33.3 Å². The van der Waals surface area contributed by atoms with Crippen LogP contribution in [0.4, 0.5) is 0 Å². The summed E-state index contributed by atoms with van der Waals surface area (Å²) in [5.41, 5.74) is 2.47. The molecule has 92 valence electrons. The van der Waals surface area contributed by atoms with Crippen molar-refractivity contribution in [3.63, 3.8) is 0 Å². The van der Waals surface area contributed by atoms with Crippen molar-refractivity contribution in [1.29, 1.82) is 0 Å². The largest absolute Gasteiger partial charge is 0.496 e. The van der Waals surface area contributed by atoms with E-state index >= 15 is 0 Å². The van der Waals surface area contributed by atoms with Crippen LogP contribution in [0, 0.1) is 6.92 Å². The molecule has 3 heteroatoms. The van der Waals surface area contributed by atoms with Gasteiger partial charge in [-0.25, -0.2) is 4.79 Å². The molecule has 0 bridgehead atoms. The Morgan fingerprint density at radius 1 is 1.41 bits per heavy atom. The molecule has 0 aliphatic carbocycles. The van der Waals surface area contributed by atoms with Gasteiger partial charge in [0, 0.05) is 5.56 Å². The maximum Gasteiger partial charge on any atom is 0.339 e. The number of hydrogen-bond donors (Lipinski definition) is 0. The van der Waals surface area contributed by atoms with Crippen molar-refractivity contribution < 1.29 is 9.15 Å². The molecule has 0 unspecified atom stereocenters. The number of hydrogen-bond acceptors (Lipinski definition) is 3. The Labute approximate surface area is 101 Å². The highest BCUT2D eigenvalue weighted by Gasteiger charge is 2.10. The Kier molecular flexibility index (Phi) is 4.32. The van der Waals surface area contributed by atoms with Crippen molar-refractivity contribution in [1.82, 2.24) is 0 Å². The second-order valence-corrected chi connectivity index (χ2v) is 3.95. The fraction of sp³-hybridized carbons (Fsp3) is 0.357. The van der Waals surface area contributed by atoms with Crippen LogP contribution in [0.15, 0.2) is 33.0 Å². The van der Waals surface area contributed by atoms with Crippen LogP contribution >= 0.6 is 0 Å². The van der Waals surface area contributed by atoms with Gasteiger partial charge in [-0.1, -0.05) is 17.7 Å². The number of methoxy groups -OCH3 is 1. The van der Waals surface area contributed by atoms with E-state index in [1.165, 1.54) is 6.07 Å². The Morgan fingerprint density at radius 2 is 2.06 bits per heavy atom. The predicted molar refractivity (Wildman–Crippen MR) is 69.3 cm³/mol. The minimum atomic E-state index is -0.395. The third-order valence-electron chi connectivity index (χ3n) is 2.64. The minimum Gasteiger partial charge on any atom is -0.496 e. The normalized spacial score (nSPS) is 12.8. The standard InChI is InChI=1S/C14H18O3/c1-6-9(2)7-10(3)14-11(4)12(16-5)8-13(15)17-14/h6-8H,1-5H3/b9-6+,10-7+. The van der Waals surface area contributed by atoms with Crippen molar-refractivity contribution in [2.24, 2.45) is 0 Å². The van der Waals surface area contributed by atoms with Gasteiger partial charge in [0.05, 0.1) is 13.2 Å². The zero-order valence-corrected chi connectivity index (χ0v) is 11.0. The van der Waals surface area contributed by atoms with Gasteiger partial charge in [-0.3, -0.25) is 0 Å². The molecule has 0 amide bonds. The molecule has 3 nitrogen and oxygen atoms in total. The summed E-state index contributed by atoms with van der Waals surface area (Å²) in [5.74, 6) is 1.14. The highest BCUT2D eigenvalue weighted by atomic mass is 16.5. The Balaban J connectivity index is 3.36. The first-order chi connectivity index (χ1) is 7.99. The lowest BCUT2D eigenvalue weighted by Crippen LogP contribution is -2.03. The van der Waals surface area contributed by atoms with Crippen LogP contribution in [-0.4, -0.2) is 7.11 Å². The predicted octanol–water partition coefficient (Wildman–Crippen LogP) is 3.33. The monoisotopic (exact) mass is 234 g/mol. The molecule has 0 atom stereocenters. The molecule has 17 heavy (non-hydrogen) atoms. The van der Waals surface area contributed by atoms with E-state index < -0.39 is 5.63 Å². The molecule has 0 aliphatic heterocycles. The molecule has 0 spiro atoms. The molecule has 1 heterocycles. The van der Waals surface area contributed by atoms with Crippen molar-refractivity contribution in [2.45, 2.75) is 27.7 Å². The van der Waals surface area contributed by atoms with Crippen LogP contribution in [0.25, 0.3) is 5.57 Å². The fourth-order valence-corrected chi connectivity index (χ4v) is 1.61. The van der Waals surface area contributed by atoms with Crippen LogP contribution in [0.2, 0.25) is 0 Å². The van der Waals surface area contributed by atoms with Gasteiger partial charge in [0.15, 0.2) is 0 Å². The minimum absolute atomic E-state index is 0.395. The Hall–Kier alpha value is -1.77. The number of rotatable bonds is 3. The lowest BCUT2D eigenvalue weighted by Gasteiger charge is -2.08. The van der Waals surface area contributed by atoms with Crippen LogP contribution in [0.1, 0.15) is 32.1 Å². The summed E-state index contributed by atoms with van der Waals surface area (Å²) < 4.78 is 10.4. The first-order valence-electron chi connectivity index (χ1n) is 5.50. The number of allylic oxidation sites excluding steroid dienone is 4. The molecule has 0 saturated heterocycles. The van der Waals surface area contributed by atoms with Crippen LogP contribution in [0.3, 0.4) is 0 Å². The SMILES string of the molecule is C/C=C(C)/C=C(\C)c1oc(=O)cc(OC)c1C. The number of ether oxygens (including phenoxy) is 1. The Bertz CT molecular complexity index is 519. The lowest BCUT2D eigenvalue weighted by molar-refractivity contribution is 0.395. The van der Waals surface area contributed by atoms with E-state index in [2.05, 4.69) is 0 Å². The van der Waals surface area contributed by atoms with Gasteiger partial charge in [0.1, 0.15) is 11.5 Å². The molecule has 0 fully saturated rings. The van der Waals surface area contributed by atoms with Gasteiger partial charge >= 0.3 is 5.63 Å². The highest BCUT2D eigenvalue weighted by molar-refractivity contribution is 5.66. The van der Waals surface area contributed by atoms with E-state index in [9.17, 15) is 4.79 Å². The van der Waals surface area contributed by atoms with Crippen LogP contribution in [-0.2, 0) is 0 Å². The summed E-state index contributed by atoms with van der Waals surface area (Å²) in [4.78, 5) is 11.4. The van der Waals surface area contributed by atoms with Crippen LogP contribution < -0.4 is 10.4 Å². The molecule has 1 rings (SSSR count). The third-order valence-corrected chi connectivity index (χ3v) is 2.64. The van der Waals surface area contributed by atoms with E-state index in [-0.39, 0.29) is 0 Å². The second kappa shape index (κ2) is 5.53. The fourth-order valence-electron chi connectivity index (χ4n) is 1.61. The molecule has 0 aromatic carbocycles. The van der Waals surface area contributed by atoms with E-state index in [0.717, 1.165) is 16.7 Å². The topological polar surface area (TPSA) is 39.4 Å². The van der Waals surface area contributed by atoms with Gasteiger partial charge < -0.3 is 9.15 Å². The van der Waals surface area contributed by atoms with Gasteiger partial charge in [0.25, 0.3) is 0 Å². The summed E-state index contributed by atoms with van der Waals surface area (Å²) >= 11 is 0. The Morgan fingerprint density at radius 3 is 2.59 bits per heavy atom. The summed E-state index contributed by atoms with van der Waals surface area (Å²) in [6, 6.07) is 1.36. The van der Waals surface area contributed by atoms with E-state index in [4.69, 9.17) is 9.15 Å². The van der Waals surface area contributed by atoms with Gasteiger partial charge in [0.2, 0.25) is 0 Å². The molecule has 0 N–H and O–H groups in total. The zero-order valence-electron chi connectivity index (χ0n) is 11.0. The lowest BCUT2D eigenvalue weighted by atomic mass is 10.1. The molecule has 1 aromatic rings. The second-order valence-electron chi connectivity index (χ2n) is 3.95. The first-order valence-corrected chi connectivity index (χ1v) is 5.50. The van der Waals surface area contributed by atoms with Crippen molar-refractivity contribution in [3.8, 4) is 5.75 Å². The smallest absolute Gasteiger partial charge is 0.339 e. The molecule has 1 aromatic heterocycles. The maximum atomic E-state index is 11.4. The third kappa shape index (κ3) is 3.09. The zero-order chi connectivity index (χ0) is 13.0. The molecular formula is C14H18O3. The van der Waals surface area contributed by atoms with Crippen molar-refractivity contribution in [2.75, 3.05) is 7.11 Å². The summed E-state index contributed by atoms with van der Waals surface area (Å²) in [6.07, 6.45) is 3.97. The summed E-state index contributed by atoms with van der Waals surface area (Å²) in [6.45, 7) is 7.75. The molecule has 0 saturated carbocycles. The highest BCUT2D eigenvalue weighted by Crippen LogP contribution is 2.25. The average Bonchev–Trinajstić information content (AvgIpc) is 2.31. The first kappa shape index (κ1) is 13.3. The van der Waals surface area contributed by atoms with E-state index in [1.807, 2.05) is 39.8 Å². The van der Waals surface area contributed by atoms with Gasteiger partial charge in [-0.15, -0.1) is 0 Å².